The number of nitrogens with zero attached hydrogens (tertiary/aromatic N) is 1. The van der Waals surface area contributed by atoms with Gasteiger partial charge in [0.1, 0.15) is 6.54 Å². The van der Waals surface area contributed by atoms with E-state index >= 15 is 0 Å². The molecule has 0 saturated heterocycles. The zero-order valence-electron chi connectivity index (χ0n) is 8.98. The van der Waals surface area contributed by atoms with E-state index in [4.69, 9.17) is 5.73 Å². The van der Waals surface area contributed by atoms with Crippen molar-refractivity contribution >= 4 is 11.6 Å². The van der Waals surface area contributed by atoms with E-state index in [9.17, 15) is 9.59 Å². The van der Waals surface area contributed by atoms with E-state index in [1.807, 2.05) is 0 Å². The maximum absolute atomic E-state index is 11.4. The summed E-state index contributed by atoms with van der Waals surface area (Å²) in [6.07, 6.45) is 3.87. The Morgan fingerprint density at radius 2 is 2.31 bits per heavy atom. The lowest BCUT2D eigenvalue weighted by atomic mass is 10.4. The summed E-state index contributed by atoms with van der Waals surface area (Å²) in [5.74, 6) is -0.213. The first-order valence-electron chi connectivity index (χ1n) is 4.97. The molecule has 0 spiro atoms. The van der Waals surface area contributed by atoms with Crippen molar-refractivity contribution in [3.8, 4) is 0 Å². The van der Waals surface area contributed by atoms with Gasteiger partial charge < -0.3 is 15.6 Å². The van der Waals surface area contributed by atoms with Gasteiger partial charge in [-0.25, -0.2) is 0 Å². The minimum absolute atomic E-state index is 0.0129. The third kappa shape index (κ3) is 3.61. The number of rotatable bonds is 5. The van der Waals surface area contributed by atoms with Crippen LogP contribution in [0.2, 0.25) is 0 Å². The Kier molecular flexibility index (Phi) is 4.32. The number of nitrogens with one attached hydrogen (secondary N) is 1. The highest BCUT2D eigenvalue weighted by Gasteiger charge is 2.03. The number of nitrogens with two attached hydrogens (primary N) is 1. The molecule has 1 aromatic rings. The smallest absolute Gasteiger partial charge is 0.251 e. The Morgan fingerprint density at radius 3 is 3.00 bits per heavy atom. The van der Waals surface area contributed by atoms with Gasteiger partial charge in [-0.1, -0.05) is 6.08 Å². The van der Waals surface area contributed by atoms with Gasteiger partial charge in [0, 0.05) is 24.5 Å². The molecule has 0 aromatic carbocycles. The van der Waals surface area contributed by atoms with Gasteiger partial charge in [-0.05, 0) is 12.5 Å². The predicted octanol–water partition coefficient (Wildman–Crippen LogP) is 0.123. The van der Waals surface area contributed by atoms with E-state index in [2.05, 4.69) is 11.9 Å². The normalized spacial score (nSPS) is 9.75. The summed E-state index contributed by atoms with van der Waals surface area (Å²) < 4.78 is 1.28. The molecular weight excluding hydrogens is 206 g/mol. The van der Waals surface area contributed by atoms with Crippen LogP contribution in [0.15, 0.2) is 35.8 Å². The summed E-state index contributed by atoms with van der Waals surface area (Å²) in [5.41, 5.74) is 5.73. The van der Waals surface area contributed by atoms with Crippen molar-refractivity contribution in [3.05, 3.63) is 41.3 Å². The van der Waals surface area contributed by atoms with Gasteiger partial charge in [0.05, 0.1) is 0 Å². The Labute approximate surface area is 93.6 Å². The maximum Gasteiger partial charge on any atom is 0.251 e. The van der Waals surface area contributed by atoms with Crippen LogP contribution in [-0.4, -0.2) is 17.0 Å². The highest BCUT2D eigenvalue weighted by atomic mass is 16.2. The van der Waals surface area contributed by atoms with Gasteiger partial charge >= 0.3 is 0 Å². The number of hydrogen-bond acceptors (Lipinski definition) is 3. The zero-order chi connectivity index (χ0) is 12.0. The second-order valence-electron chi connectivity index (χ2n) is 3.36. The average molecular weight is 221 g/mol. The molecule has 1 rings (SSSR count). The molecular formula is C11H15N3O2. The molecule has 3 N–H and O–H groups in total. The van der Waals surface area contributed by atoms with Crippen LogP contribution < -0.4 is 16.6 Å². The van der Waals surface area contributed by atoms with Crippen molar-refractivity contribution in [3.63, 3.8) is 0 Å². The van der Waals surface area contributed by atoms with E-state index < -0.39 is 0 Å². The van der Waals surface area contributed by atoms with E-state index in [0.29, 0.717) is 18.7 Å². The molecule has 0 aliphatic heterocycles. The number of carbonyl (C=O) groups is 1. The summed E-state index contributed by atoms with van der Waals surface area (Å²) in [5, 5.41) is 2.67. The number of carbonyl (C=O) groups excluding carboxylic acids is 1. The van der Waals surface area contributed by atoms with E-state index in [0.717, 1.165) is 0 Å². The van der Waals surface area contributed by atoms with E-state index in [1.165, 1.54) is 22.9 Å². The maximum atomic E-state index is 11.4. The molecule has 0 fully saturated rings. The molecule has 1 heterocycles. The van der Waals surface area contributed by atoms with Crippen molar-refractivity contribution in [2.45, 2.75) is 13.0 Å². The van der Waals surface area contributed by atoms with Crippen LogP contribution in [0.5, 0.6) is 0 Å². The standard InChI is InChI=1S/C11H15N3O2/c1-2-3-6-13-10(15)8-14-7-9(12)4-5-11(14)16/h2,4-5,7H,1,3,6,8,12H2,(H,13,15). The topological polar surface area (TPSA) is 77.1 Å². The fourth-order valence-corrected chi connectivity index (χ4v) is 1.20. The van der Waals surface area contributed by atoms with Gasteiger partial charge in [-0.15, -0.1) is 6.58 Å². The van der Waals surface area contributed by atoms with Crippen molar-refractivity contribution < 1.29 is 4.79 Å². The molecule has 0 bridgehead atoms. The molecule has 5 nitrogen and oxygen atoms in total. The average Bonchev–Trinajstić information content (AvgIpc) is 2.24. The molecule has 0 aliphatic rings. The number of aromatic nitrogens is 1. The summed E-state index contributed by atoms with van der Waals surface area (Å²) in [7, 11) is 0. The lowest BCUT2D eigenvalue weighted by molar-refractivity contribution is -0.121. The SMILES string of the molecule is C=CCCNC(=O)Cn1cc(N)ccc1=O. The van der Waals surface area contributed by atoms with E-state index in [-0.39, 0.29) is 18.0 Å². The minimum Gasteiger partial charge on any atom is -0.398 e. The van der Waals surface area contributed by atoms with Gasteiger partial charge in [0.25, 0.3) is 5.56 Å². The van der Waals surface area contributed by atoms with Gasteiger partial charge in [0.15, 0.2) is 0 Å². The Bertz CT molecular complexity index is 437. The molecule has 0 unspecified atom stereocenters. The molecule has 1 amide bonds. The highest BCUT2D eigenvalue weighted by Crippen LogP contribution is 1.95. The molecule has 0 saturated carbocycles. The molecule has 0 aliphatic carbocycles. The number of pyridine rings is 1. The first-order valence-corrected chi connectivity index (χ1v) is 4.97. The highest BCUT2D eigenvalue weighted by molar-refractivity contribution is 5.75. The summed E-state index contributed by atoms with van der Waals surface area (Å²) >= 11 is 0. The van der Waals surface area contributed by atoms with Crippen LogP contribution in [0.25, 0.3) is 0 Å². The first-order chi connectivity index (χ1) is 7.63. The molecule has 0 atom stereocenters. The second kappa shape index (κ2) is 5.75. The number of anilines is 1. The monoisotopic (exact) mass is 221 g/mol. The van der Waals surface area contributed by atoms with Crippen LogP contribution in [0.3, 0.4) is 0 Å². The minimum atomic E-state index is -0.243. The van der Waals surface area contributed by atoms with E-state index in [1.54, 1.807) is 6.08 Å². The summed E-state index contributed by atoms with van der Waals surface area (Å²) in [6, 6.07) is 2.85. The van der Waals surface area contributed by atoms with Crippen molar-refractivity contribution in [2.24, 2.45) is 0 Å². The summed E-state index contributed by atoms with van der Waals surface area (Å²) in [6.45, 7) is 4.06. The van der Waals surface area contributed by atoms with Gasteiger partial charge in [-0.2, -0.15) is 0 Å². The molecule has 1 aromatic heterocycles. The number of hydrogen-bond donors (Lipinski definition) is 2. The van der Waals surface area contributed by atoms with Crippen molar-refractivity contribution in [1.82, 2.24) is 9.88 Å². The first kappa shape index (κ1) is 12.0. The van der Waals surface area contributed by atoms with Crippen LogP contribution >= 0.6 is 0 Å². The number of amides is 1. The van der Waals surface area contributed by atoms with Gasteiger partial charge in [-0.3, -0.25) is 9.59 Å². The quantitative estimate of drug-likeness (QED) is 0.547. The second-order valence-corrected chi connectivity index (χ2v) is 3.36. The lowest BCUT2D eigenvalue weighted by Gasteiger charge is -2.06. The number of nitrogen functional groups attached to an aromatic ring is 1. The predicted molar refractivity (Wildman–Crippen MR) is 62.9 cm³/mol. The van der Waals surface area contributed by atoms with Crippen molar-refractivity contribution in [2.75, 3.05) is 12.3 Å². The van der Waals surface area contributed by atoms with Crippen LogP contribution in [-0.2, 0) is 11.3 Å². The molecule has 0 radical (unpaired) electrons. The third-order valence-corrected chi connectivity index (χ3v) is 1.99. The third-order valence-electron chi connectivity index (χ3n) is 1.99. The largest absolute Gasteiger partial charge is 0.398 e. The zero-order valence-corrected chi connectivity index (χ0v) is 8.98. The van der Waals surface area contributed by atoms with Crippen LogP contribution in [0.1, 0.15) is 6.42 Å². The molecule has 16 heavy (non-hydrogen) atoms. The molecule has 86 valence electrons. The lowest BCUT2D eigenvalue weighted by Crippen LogP contribution is -2.32. The molecule has 5 heteroatoms. The summed E-state index contributed by atoms with van der Waals surface area (Å²) in [4.78, 5) is 22.8. The Hall–Kier alpha value is -2.04. The Balaban J connectivity index is 2.59. The fraction of sp³-hybridized carbons (Fsp3) is 0.273. The van der Waals surface area contributed by atoms with Crippen LogP contribution in [0, 0.1) is 0 Å². The van der Waals surface area contributed by atoms with Crippen molar-refractivity contribution in [1.29, 1.82) is 0 Å². The Morgan fingerprint density at radius 1 is 1.56 bits per heavy atom. The van der Waals surface area contributed by atoms with Crippen LogP contribution in [0.4, 0.5) is 5.69 Å². The van der Waals surface area contributed by atoms with Gasteiger partial charge in [0.2, 0.25) is 5.91 Å². The fourth-order valence-electron chi connectivity index (χ4n) is 1.20.